The fraction of sp³-hybridized carbons (Fsp3) is 0.639. The van der Waals surface area contributed by atoms with Crippen molar-refractivity contribution < 1.29 is 38.0 Å². The molecule has 14 heteroatoms. The molecule has 5 atom stereocenters. The SMILES string of the molecule is C[C@@H]1CN(CC(=O)N2c3cc(Cc4ccc(F)cc4)c(OCCN4CCOCC4)nc3OC[C@@H]2C)[C@@H](CN2[C@H](C)COC[C@H]2C)CN1C(=O)O. The van der Waals surface area contributed by atoms with Crippen LogP contribution >= 0.6 is 0 Å². The Balaban J connectivity index is 1.25. The minimum atomic E-state index is -0.949. The molecule has 6 rings (SSSR count). The van der Waals surface area contributed by atoms with Gasteiger partial charge in [0.05, 0.1) is 39.0 Å². The Morgan fingerprint density at radius 2 is 1.68 bits per heavy atom. The Bertz CT molecular complexity index is 1470. The Morgan fingerprint density at radius 3 is 2.38 bits per heavy atom. The van der Waals surface area contributed by atoms with E-state index in [-0.39, 0.29) is 55.1 Å². The van der Waals surface area contributed by atoms with Crippen LogP contribution in [0, 0.1) is 5.82 Å². The first-order valence-corrected chi connectivity index (χ1v) is 17.8. The van der Waals surface area contributed by atoms with Crippen LogP contribution in [0.3, 0.4) is 0 Å². The van der Waals surface area contributed by atoms with Crippen molar-refractivity contribution in [2.75, 3.05) is 90.4 Å². The molecule has 5 heterocycles. The van der Waals surface area contributed by atoms with Gasteiger partial charge in [0, 0.05) is 75.4 Å². The van der Waals surface area contributed by atoms with Crippen LogP contribution in [0.15, 0.2) is 30.3 Å². The summed E-state index contributed by atoms with van der Waals surface area (Å²) in [6.45, 7) is 15.3. The zero-order valence-corrected chi connectivity index (χ0v) is 29.6. The first-order valence-electron chi connectivity index (χ1n) is 17.8. The fourth-order valence-corrected chi connectivity index (χ4v) is 7.48. The van der Waals surface area contributed by atoms with Crippen molar-refractivity contribution in [3.8, 4) is 11.8 Å². The van der Waals surface area contributed by atoms with Crippen LogP contribution in [0.4, 0.5) is 14.9 Å². The first-order chi connectivity index (χ1) is 24.1. The van der Waals surface area contributed by atoms with Gasteiger partial charge >= 0.3 is 6.09 Å². The monoisotopic (exact) mass is 698 g/mol. The zero-order valence-electron chi connectivity index (χ0n) is 29.6. The number of aromatic nitrogens is 1. The van der Waals surface area contributed by atoms with E-state index in [1.807, 2.05) is 19.9 Å². The lowest BCUT2D eigenvalue weighted by Gasteiger charge is -2.48. The number of ether oxygens (including phenoxy) is 4. The molecule has 0 bridgehead atoms. The lowest BCUT2D eigenvalue weighted by molar-refractivity contribution is -0.122. The second kappa shape index (κ2) is 16.2. The van der Waals surface area contributed by atoms with Gasteiger partial charge in [0.2, 0.25) is 17.7 Å². The van der Waals surface area contributed by atoms with Gasteiger partial charge in [-0.2, -0.15) is 4.98 Å². The molecule has 3 fully saturated rings. The molecule has 0 saturated carbocycles. The number of piperazine rings is 1. The number of hydrogen-bond donors (Lipinski definition) is 1. The molecule has 13 nitrogen and oxygen atoms in total. The van der Waals surface area contributed by atoms with Crippen molar-refractivity contribution >= 4 is 17.7 Å². The third-order valence-electron chi connectivity index (χ3n) is 10.3. The van der Waals surface area contributed by atoms with Gasteiger partial charge in [-0.1, -0.05) is 12.1 Å². The summed E-state index contributed by atoms with van der Waals surface area (Å²) < 4.78 is 37.4. The quantitative estimate of drug-likeness (QED) is 0.395. The number of hydrogen-bond acceptors (Lipinski definition) is 10. The summed E-state index contributed by atoms with van der Waals surface area (Å²) in [7, 11) is 0. The van der Waals surface area contributed by atoms with Crippen LogP contribution in [0.25, 0.3) is 0 Å². The number of carboxylic acid groups (broad SMARTS) is 1. The van der Waals surface area contributed by atoms with Crippen molar-refractivity contribution in [3.63, 3.8) is 0 Å². The van der Waals surface area contributed by atoms with E-state index < -0.39 is 6.09 Å². The predicted molar refractivity (Wildman–Crippen MR) is 185 cm³/mol. The lowest BCUT2D eigenvalue weighted by atomic mass is 10.0. The van der Waals surface area contributed by atoms with E-state index in [1.165, 1.54) is 17.0 Å². The third-order valence-corrected chi connectivity index (χ3v) is 10.3. The predicted octanol–water partition coefficient (Wildman–Crippen LogP) is 2.80. The molecular formula is C36H51FN6O7. The molecule has 0 radical (unpaired) electrons. The highest BCUT2D eigenvalue weighted by molar-refractivity contribution is 5.97. The number of amides is 2. The molecule has 0 unspecified atom stereocenters. The largest absolute Gasteiger partial charge is 0.476 e. The lowest BCUT2D eigenvalue weighted by Crippen LogP contribution is -2.65. The standard InChI is InChI=1S/C36H51FN6O7/c1-24-17-40(31(19-42(24)36(45)46)18-41-25(2)21-48-22-26(41)3)20-33(44)43-27(4)23-50-35-32(43)16-29(15-28-5-7-30(37)8-6-28)34(38-35)49-14-11-39-9-12-47-13-10-39/h5-8,16,24-27,31H,9-15,17-23H2,1-4H3,(H,45,46)/t24-,25-,26-,27+,31+/m1/s1. The number of nitrogens with zero attached hydrogens (tertiary/aromatic N) is 6. The van der Waals surface area contributed by atoms with Gasteiger partial charge in [-0.05, 0) is 51.5 Å². The van der Waals surface area contributed by atoms with Gasteiger partial charge in [-0.25, -0.2) is 9.18 Å². The summed E-state index contributed by atoms with van der Waals surface area (Å²) in [6, 6.07) is 7.90. The molecule has 1 aromatic heterocycles. The summed E-state index contributed by atoms with van der Waals surface area (Å²) in [5.41, 5.74) is 2.22. The zero-order chi connectivity index (χ0) is 35.4. The van der Waals surface area contributed by atoms with Crippen molar-refractivity contribution in [2.45, 2.75) is 64.3 Å². The summed E-state index contributed by atoms with van der Waals surface area (Å²) >= 11 is 0. The van der Waals surface area contributed by atoms with E-state index in [0.717, 1.165) is 30.8 Å². The Hall–Kier alpha value is -3.56. The van der Waals surface area contributed by atoms with Gasteiger partial charge in [0.1, 0.15) is 24.7 Å². The summed E-state index contributed by atoms with van der Waals surface area (Å²) in [6.07, 6.45) is -0.522. The van der Waals surface area contributed by atoms with E-state index in [2.05, 4.69) is 28.5 Å². The Morgan fingerprint density at radius 1 is 0.960 bits per heavy atom. The van der Waals surface area contributed by atoms with Crippen LogP contribution in [-0.2, 0) is 20.7 Å². The third kappa shape index (κ3) is 8.48. The van der Waals surface area contributed by atoms with Crippen LogP contribution in [-0.4, -0.2) is 157 Å². The summed E-state index contributed by atoms with van der Waals surface area (Å²) in [5.74, 6) is 0.335. The molecule has 1 aromatic carbocycles. The average Bonchev–Trinajstić information content (AvgIpc) is 3.09. The van der Waals surface area contributed by atoms with Crippen LogP contribution < -0.4 is 14.4 Å². The van der Waals surface area contributed by atoms with Crippen molar-refractivity contribution in [1.82, 2.24) is 24.6 Å². The van der Waals surface area contributed by atoms with Gasteiger partial charge in [0.25, 0.3) is 0 Å². The molecular weight excluding hydrogens is 647 g/mol. The number of fused-ring (bicyclic) bond motifs is 1. The van der Waals surface area contributed by atoms with Crippen molar-refractivity contribution in [3.05, 3.63) is 47.3 Å². The average molecular weight is 699 g/mol. The minimum absolute atomic E-state index is 0.110. The summed E-state index contributed by atoms with van der Waals surface area (Å²) in [4.78, 5) is 41.4. The van der Waals surface area contributed by atoms with E-state index in [9.17, 15) is 19.1 Å². The Labute approximate surface area is 293 Å². The molecule has 0 spiro atoms. The van der Waals surface area contributed by atoms with E-state index in [1.54, 1.807) is 17.0 Å². The number of halogens is 1. The molecule has 1 N–H and O–H groups in total. The molecule has 0 aliphatic carbocycles. The van der Waals surface area contributed by atoms with Gasteiger partial charge in [-0.15, -0.1) is 0 Å². The number of morpholine rings is 2. The fourth-order valence-electron chi connectivity index (χ4n) is 7.48. The van der Waals surface area contributed by atoms with E-state index in [0.29, 0.717) is 76.5 Å². The maximum Gasteiger partial charge on any atom is 0.407 e. The smallest absolute Gasteiger partial charge is 0.407 e. The first kappa shape index (κ1) is 36.2. The van der Waals surface area contributed by atoms with Gasteiger partial charge in [-0.3, -0.25) is 19.5 Å². The second-order valence-electron chi connectivity index (χ2n) is 14.1. The normalized spacial score (nSPS) is 26.7. The number of benzene rings is 1. The van der Waals surface area contributed by atoms with Crippen LogP contribution in [0.1, 0.15) is 38.8 Å². The van der Waals surface area contributed by atoms with Crippen LogP contribution in [0.5, 0.6) is 11.8 Å². The maximum absolute atomic E-state index is 14.4. The Kier molecular flexibility index (Phi) is 11.7. The van der Waals surface area contributed by atoms with Crippen LogP contribution in [0.2, 0.25) is 0 Å². The number of carbonyl (C=O) groups excluding carboxylic acids is 1. The molecule has 50 heavy (non-hydrogen) atoms. The van der Waals surface area contributed by atoms with Crippen molar-refractivity contribution in [2.24, 2.45) is 0 Å². The molecule has 4 aliphatic rings. The molecule has 2 amide bonds. The summed E-state index contributed by atoms with van der Waals surface area (Å²) in [5, 5.41) is 9.98. The number of anilines is 1. The maximum atomic E-state index is 14.4. The molecule has 3 saturated heterocycles. The van der Waals surface area contributed by atoms with E-state index in [4.69, 9.17) is 23.9 Å². The molecule has 2 aromatic rings. The number of pyridine rings is 1. The molecule has 4 aliphatic heterocycles. The minimum Gasteiger partial charge on any atom is -0.476 e. The van der Waals surface area contributed by atoms with Crippen molar-refractivity contribution in [1.29, 1.82) is 0 Å². The van der Waals surface area contributed by atoms with Gasteiger partial charge in [0.15, 0.2) is 0 Å². The number of carbonyl (C=O) groups is 2. The second-order valence-corrected chi connectivity index (χ2v) is 14.1. The number of rotatable bonds is 10. The highest BCUT2D eigenvalue weighted by Crippen LogP contribution is 2.38. The molecule has 274 valence electrons. The highest BCUT2D eigenvalue weighted by Gasteiger charge is 2.40. The van der Waals surface area contributed by atoms with Gasteiger partial charge < -0.3 is 33.9 Å². The van der Waals surface area contributed by atoms with E-state index >= 15 is 0 Å². The highest BCUT2D eigenvalue weighted by atomic mass is 19.1. The topological polar surface area (TPSA) is 120 Å².